The van der Waals surface area contributed by atoms with E-state index in [9.17, 15) is 4.79 Å². The summed E-state index contributed by atoms with van der Waals surface area (Å²) in [6.07, 6.45) is 4.11. The van der Waals surface area contributed by atoms with Crippen LogP contribution in [0.4, 0.5) is 0 Å². The summed E-state index contributed by atoms with van der Waals surface area (Å²) >= 11 is 1.19. The molecule has 1 aliphatic carbocycles. The largest absolute Gasteiger partial charge is 0.361 e. The van der Waals surface area contributed by atoms with E-state index in [1.165, 1.54) is 22.5 Å². The Hall–Kier alpha value is -2.21. The SMILES string of the molecule is Cc1nnsc1C(=O)N(Cc1cccc2[nH]ccc12)C1CC1. The van der Waals surface area contributed by atoms with Gasteiger partial charge in [-0.15, -0.1) is 5.10 Å². The van der Waals surface area contributed by atoms with Gasteiger partial charge in [0, 0.05) is 29.7 Å². The van der Waals surface area contributed by atoms with E-state index < -0.39 is 0 Å². The Labute approximate surface area is 132 Å². The van der Waals surface area contributed by atoms with Crippen molar-refractivity contribution in [2.75, 3.05) is 0 Å². The van der Waals surface area contributed by atoms with Crippen LogP contribution in [0.15, 0.2) is 30.5 Å². The number of nitrogens with one attached hydrogen (secondary N) is 1. The summed E-state index contributed by atoms with van der Waals surface area (Å²) < 4.78 is 3.89. The van der Waals surface area contributed by atoms with Crippen molar-refractivity contribution < 1.29 is 4.79 Å². The summed E-state index contributed by atoms with van der Waals surface area (Å²) in [5.41, 5.74) is 3.01. The summed E-state index contributed by atoms with van der Waals surface area (Å²) in [4.78, 5) is 18.7. The average Bonchev–Trinajstić information content (AvgIpc) is 3.07. The van der Waals surface area contributed by atoms with Crippen LogP contribution in [0.3, 0.4) is 0 Å². The molecule has 0 bridgehead atoms. The third-order valence-electron chi connectivity index (χ3n) is 4.12. The third kappa shape index (κ3) is 2.29. The molecule has 0 radical (unpaired) electrons. The van der Waals surface area contributed by atoms with Gasteiger partial charge in [0.15, 0.2) is 0 Å². The highest BCUT2D eigenvalue weighted by Crippen LogP contribution is 2.32. The molecule has 1 N–H and O–H groups in total. The fourth-order valence-corrected chi connectivity index (χ4v) is 3.40. The zero-order valence-corrected chi connectivity index (χ0v) is 13.1. The molecule has 1 saturated carbocycles. The van der Waals surface area contributed by atoms with Gasteiger partial charge in [0.25, 0.3) is 5.91 Å². The van der Waals surface area contributed by atoms with E-state index in [2.05, 4.69) is 32.8 Å². The number of hydrogen-bond acceptors (Lipinski definition) is 4. The van der Waals surface area contributed by atoms with Crippen molar-refractivity contribution >= 4 is 28.3 Å². The van der Waals surface area contributed by atoms with E-state index in [4.69, 9.17) is 0 Å². The quantitative estimate of drug-likeness (QED) is 0.805. The maximum Gasteiger partial charge on any atom is 0.268 e. The van der Waals surface area contributed by atoms with E-state index in [1.54, 1.807) is 0 Å². The highest BCUT2D eigenvalue weighted by atomic mass is 32.1. The summed E-state index contributed by atoms with van der Waals surface area (Å²) in [6, 6.07) is 8.60. The van der Waals surface area contributed by atoms with Crippen molar-refractivity contribution in [3.05, 3.63) is 46.6 Å². The number of carbonyl (C=O) groups is 1. The maximum atomic E-state index is 12.8. The second-order valence-electron chi connectivity index (χ2n) is 5.71. The molecule has 1 aromatic carbocycles. The molecular weight excluding hydrogens is 296 g/mol. The zero-order chi connectivity index (χ0) is 15.1. The molecule has 4 rings (SSSR count). The Balaban J connectivity index is 1.67. The van der Waals surface area contributed by atoms with E-state index in [1.807, 2.05) is 24.1 Å². The van der Waals surface area contributed by atoms with Gasteiger partial charge in [-0.05, 0) is 49.0 Å². The molecule has 0 atom stereocenters. The minimum absolute atomic E-state index is 0.0579. The van der Waals surface area contributed by atoms with Crippen molar-refractivity contribution in [1.82, 2.24) is 19.5 Å². The lowest BCUT2D eigenvalue weighted by Gasteiger charge is -2.22. The standard InChI is InChI=1S/C16H16N4OS/c1-10-15(22-19-18-10)16(21)20(12-5-6-12)9-11-3-2-4-14-13(11)7-8-17-14/h2-4,7-8,12,17H,5-6,9H2,1H3. The number of aryl methyl sites for hydroxylation is 1. The van der Waals surface area contributed by atoms with Crippen molar-refractivity contribution in [3.8, 4) is 0 Å². The number of carbonyl (C=O) groups excluding carboxylic acids is 1. The summed E-state index contributed by atoms with van der Waals surface area (Å²) in [6.45, 7) is 2.48. The molecule has 22 heavy (non-hydrogen) atoms. The molecule has 0 spiro atoms. The van der Waals surface area contributed by atoms with Crippen LogP contribution in [0.1, 0.15) is 33.8 Å². The van der Waals surface area contributed by atoms with Gasteiger partial charge in [-0.2, -0.15) is 0 Å². The average molecular weight is 312 g/mol. The van der Waals surface area contributed by atoms with Crippen molar-refractivity contribution in [1.29, 1.82) is 0 Å². The van der Waals surface area contributed by atoms with Gasteiger partial charge in [0.05, 0.1) is 5.69 Å². The highest BCUT2D eigenvalue weighted by Gasteiger charge is 2.34. The molecule has 1 fully saturated rings. The molecule has 2 aromatic heterocycles. The number of aromatic amines is 1. The first kappa shape index (κ1) is 13.5. The second-order valence-corrected chi connectivity index (χ2v) is 6.46. The molecule has 0 aliphatic heterocycles. The minimum Gasteiger partial charge on any atom is -0.361 e. The van der Waals surface area contributed by atoms with Gasteiger partial charge in [-0.3, -0.25) is 4.79 Å². The van der Waals surface area contributed by atoms with Gasteiger partial charge in [-0.1, -0.05) is 16.6 Å². The topological polar surface area (TPSA) is 61.9 Å². The van der Waals surface area contributed by atoms with Crippen molar-refractivity contribution in [2.24, 2.45) is 0 Å². The van der Waals surface area contributed by atoms with Crippen LogP contribution >= 0.6 is 11.5 Å². The molecule has 5 nitrogen and oxygen atoms in total. The fraction of sp³-hybridized carbons (Fsp3) is 0.312. The van der Waals surface area contributed by atoms with Gasteiger partial charge in [-0.25, -0.2) is 0 Å². The van der Waals surface area contributed by atoms with Gasteiger partial charge in [0.2, 0.25) is 0 Å². The summed E-state index contributed by atoms with van der Waals surface area (Å²) in [5.74, 6) is 0.0579. The van der Waals surface area contributed by atoms with E-state index in [0.29, 0.717) is 17.5 Å². The van der Waals surface area contributed by atoms with Gasteiger partial charge >= 0.3 is 0 Å². The smallest absolute Gasteiger partial charge is 0.268 e. The summed E-state index contributed by atoms with van der Waals surface area (Å²) in [5, 5.41) is 5.15. The van der Waals surface area contributed by atoms with Gasteiger partial charge < -0.3 is 9.88 Å². The lowest BCUT2D eigenvalue weighted by atomic mass is 10.1. The predicted octanol–water partition coefficient (Wildman–Crippen LogP) is 3.13. The third-order valence-corrected chi connectivity index (χ3v) is 4.94. The molecule has 0 unspecified atom stereocenters. The van der Waals surface area contributed by atoms with Crippen LogP contribution in [0.25, 0.3) is 10.9 Å². The fourth-order valence-electron chi connectivity index (χ4n) is 2.78. The molecule has 1 aliphatic rings. The zero-order valence-electron chi connectivity index (χ0n) is 12.2. The van der Waals surface area contributed by atoms with Crippen molar-refractivity contribution in [3.63, 3.8) is 0 Å². The molecule has 1 amide bonds. The molecule has 2 heterocycles. The highest BCUT2D eigenvalue weighted by molar-refractivity contribution is 7.07. The van der Waals surface area contributed by atoms with E-state index in [-0.39, 0.29) is 5.91 Å². The first-order chi connectivity index (χ1) is 10.7. The van der Waals surface area contributed by atoms with Crippen LogP contribution < -0.4 is 0 Å². The van der Waals surface area contributed by atoms with Crippen LogP contribution in [-0.4, -0.2) is 31.4 Å². The maximum absolute atomic E-state index is 12.8. The molecule has 6 heteroatoms. The molecule has 0 saturated heterocycles. The number of aromatic nitrogens is 3. The second kappa shape index (κ2) is 5.21. The monoisotopic (exact) mass is 312 g/mol. The van der Waals surface area contributed by atoms with E-state index in [0.717, 1.165) is 24.1 Å². The molecule has 3 aromatic rings. The first-order valence-corrected chi connectivity index (χ1v) is 8.16. The van der Waals surface area contributed by atoms with Gasteiger partial charge in [0.1, 0.15) is 4.88 Å². The Morgan fingerprint density at radius 2 is 2.27 bits per heavy atom. The summed E-state index contributed by atoms with van der Waals surface area (Å²) in [7, 11) is 0. The van der Waals surface area contributed by atoms with E-state index >= 15 is 0 Å². The number of fused-ring (bicyclic) bond motifs is 1. The Bertz CT molecular complexity index is 833. The van der Waals surface area contributed by atoms with Crippen LogP contribution in [0.2, 0.25) is 0 Å². The first-order valence-electron chi connectivity index (χ1n) is 7.39. The number of nitrogens with zero attached hydrogens (tertiary/aromatic N) is 3. The van der Waals surface area contributed by atoms with Crippen LogP contribution in [0.5, 0.6) is 0 Å². The Kier molecular flexibility index (Phi) is 3.18. The lowest BCUT2D eigenvalue weighted by Crippen LogP contribution is -2.32. The number of hydrogen-bond donors (Lipinski definition) is 1. The van der Waals surface area contributed by atoms with Crippen molar-refractivity contribution in [2.45, 2.75) is 32.4 Å². The molecular formula is C16H16N4OS. The Morgan fingerprint density at radius 3 is 3.00 bits per heavy atom. The Morgan fingerprint density at radius 1 is 1.41 bits per heavy atom. The van der Waals surface area contributed by atoms with Crippen LogP contribution in [0, 0.1) is 6.92 Å². The number of H-pyrrole nitrogens is 1. The number of benzene rings is 1. The number of amides is 1. The lowest BCUT2D eigenvalue weighted by molar-refractivity contribution is 0.0734. The minimum atomic E-state index is 0.0579. The molecule has 112 valence electrons. The predicted molar refractivity (Wildman–Crippen MR) is 85.8 cm³/mol. The normalized spacial score (nSPS) is 14.4. The number of rotatable bonds is 4. The van der Waals surface area contributed by atoms with Crippen LogP contribution in [-0.2, 0) is 6.54 Å².